The number of carbonyl (C=O) groups is 1. The van der Waals surface area contributed by atoms with Crippen molar-refractivity contribution in [3.8, 4) is 22.6 Å². The van der Waals surface area contributed by atoms with Crippen LogP contribution in [-0.4, -0.2) is 50.7 Å². The third kappa shape index (κ3) is 6.05. The highest BCUT2D eigenvalue weighted by Gasteiger charge is 2.18. The minimum atomic E-state index is 0.0776. The standard InChI is InChI=1S/C35H36N8O/c44-34(16-23-9-13-36-14-10-23)40-26-7-3-1-2-6-24(17-26)25-18-28-31(11-15-37-20-25)42-43-35(28)32-19-27-29(21-38-22-33(27)41-32)30-8-4-5-12-39-30/h3-8,11-12,17-23,36-37,41-42H,1-2,9-10,13-16H2,(H,40,44)/b7-3+,24-6+,25-20+,26-17+,28-18+,31-11-. The van der Waals surface area contributed by atoms with Crippen LogP contribution in [0.1, 0.15) is 32.1 Å². The summed E-state index contributed by atoms with van der Waals surface area (Å²) in [6, 6.07) is 8.02. The van der Waals surface area contributed by atoms with Gasteiger partial charge >= 0.3 is 0 Å². The van der Waals surface area contributed by atoms with E-state index < -0.39 is 0 Å². The summed E-state index contributed by atoms with van der Waals surface area (Å²) >= 11 is 0. The van der Waals surface area contributed by atoms with E-state index >= 15 is 0 Å². The lowest BCUT2D eigenvalue weighted by Gasteiger charge is -2.22. The Morgan fingerprint density at radius 3 is 2.86 bits per heavy atom. The molecule has 1 saturated heterocycles. The fourth-order valence-electron chi connectivity index (χ4n) is 6.13. The van der Waals surface area contributed by atoms with Crippen molar-refractivity contribution in [2.75, 3.05) is 19.6 Å². The van der Waals surface area contributed by atoms with Crippen molar-refractivity contribution in [2.24, 2.45) is 5.92 Å². The van der Waals surface area contributed by atoms with Gasteiger partial charge in [-0.3, -0.25) is 19.9 Å². The van der Waals surface area contributed by atoms with Crippen LogP contribution >= 0.6 is 0 Å². The van der Waals surface area contributed by atoms with Gasteiger partial charge in [0.1, 0.15) is 5.69 Å². The molecule has 0 spiro atoms. The number of nitrogens with one attached hydrogen (secondary N) is 5. The first kappa shape index (κ1) is 27.8. The van der Waals surface area contributed by atoms with E-state index in [4.69, 9.17) is 5.10 Å². The molecule has 1 fully saturated rings. The van der Waals surface area contributed by atoms with Crippen molar-refractivity contribution in [1.82, 2.24) is 41.1 Å². The molecule has 9 nitrogen and oxygen atoms in total. The van der Waals surface area contributed by atoms with Gasteiger partial charge in [0.05, 0.1) is 28.5 Å². The minimum absolute atomic E-state index is 0.0776. The Labute approximate surface area is 255 Å². The van der Waals surface area contributed by atoms with E-state index in [0.29, 0.717) is 18.9 Å². The first-order chi connectivity index (χ1) is 21.7. The van der Waals surface area contributed by atoms with E-state index in [2.05, 4.69) is 72.4 Å². The topological polar surface area (TPSA) is 123 Å². The monoisotopic (exact) mass is 584 g/mol. The van der Waals surface area contributed by atoms with Crippen LogP contribution < -0.4 is 26.5 Å². The van der Waals surface area contributed by atoms with E-state index in [-0.39, 0.29) is 5.91 Å². The summed E-state index contributed by atoms with van der Waals surface area (Å²) in [4.78, 5) is 25.5. The van der Waals surface area contributed by atoms with Gasteiger partial charge in [-0.1, -0.05) is 18.2 Å². The average molecular weight is 585 g/mol. The molecule has 0 atom stereocenters. The predicted molar refractivity (Wildman–Crippen MR) is 174 cm³/mol. The fraction of sp³-hybridized carbons (Fsp3) is 0.257. The molecule has 222 valence electrons. The molecule has 0 unspecified atom stereocenters. The van der Waals surface area contributed by atoms with Gasteiger partial charge < -0.3 is 20.9 Å². The number of piperidine rings is 1. The van der Waals surface area contributed by atoms with E-state index in [1.807, 2.05) is 42.9 Å². The average Bonchev–Trinajstić information content (AvgIpc) is 3.63. The molecule has 0 bridgehead atoms. The fourth-order valence-corrected chi connectivity index (χ4v) is 6.13. The van der Waals surface area contributed by atoms with Crippen LogP contribution in [0.4, 0.5) is 0 Å². The highest BCUT2D eigenvalue weighted by molar-refractivity contribution is 5.96. The Kier molecular flexibility index (Phi) is 8.01. The van der Waals surface area contributed by atoms with Crippen LogP contribution in [0, 0.1) is 5.92 Å². The van der Waals surface area contributed by atoms with Gasteiger partial charge in [0.2, 0.25) is 5.91 Å². The van der Waals surface area contributed by atoms with Gasteiger partial charge in [0.15, 0.2) is 0 Å². The Morgan fingerprint density at radius 2 is 1.98 bits per heavy atom. The largest absolute Gasteiger partial charge is 0.387 e. The molecule has 9 heteroatoms. The molecule has 6 heterocycles. The number of rotatable bonds is 6. The summed E-state index contributed by atoms with van der Waals surface area (Å²) in [6.45, 7) is 2.63. The van der Waals surface area contributed by atoms with Gasteiger partial charge in [-0.2, -0.15) is 5.10 Å². The maximum atomic E-state index is 13.0. The first-order valence-electron chi connectivity index (χ1n) is 15.4. The lowest BCUT2D eigenvalue weighted by Crippen LogP contribution is -2.32. The zero-order chi connectivity index (χ0) is 29.7. The van der Waals surface area contributed by atoms with Crippen LogP contribution in [0.15, 0.2) is 90.2 Å². The Balaban J connectivity index is 1.23. The van der Waals surface area contributed by atoms with Crippen molar-refractivity contribution in [3.05, 3.63) is 101 Å². The number of amides is 1. The second-order valence-electron chi connectivity index (χ2n) is 11.5. The molecule has 44 heavy (non-hydrogen) atoms. The number of fused-ring (bicyclic) bond motifs is 2. The molecule has 4 aromatic rings. The zero-order valence-electron chi connectivity index (χ0n) is 24.6. The van der Waals surface area contributed by atoms with Crippen LogP contribution in [0.2, 0.25) is 0 Å². The lowest BCUT2D eigenvalue weighted by atomic mass is 9.94. The maximum absolute atomic E-state index is 13.0. The van der Waals surface area contributed by atoms with Crippen LogP contribution in [0.5, 0.6) is 0 Å². The van der Waals surface area contributed by atoms with E-state index in [9.17, 15) is 4.79 Å². The van der Waals surface area contributed by atoms with Crippen molar-refractivity contribution < 1.29 is 4.79 Å². The summed E-state index contributed by atoms with van der Waals surface area (Å²) in [5.41, 5.74) is 7.39. The summed E-state index contributed by atoms with van der Waals surface area (Å²) in [5.74, 6) is 0.513. The number of allylic oxidation sites excluding steroid dienone is 6. The Bertz CT molecular complexity index is 1920. The molecule has 5 N–H and O–H groups in total. The smallest absolute Gasteiger partial charge is 0.224 e. The molecule has 1 amide bonds. The maximum Gasteiger partial charge on any atom is 0.224 e. The molecule has 0 aromatic carbocycles. The van der Waals surface area contributed by atoms with Gasteiger partial charge in [0, 0.05) is 53.4 Å². The first-order valence-corrected chi connectivity index (χ1v) is 15.4. The number of nitrogens with zero attached hydrogens (tertiary/aromatic N) is 3. The van der Waals surface area contributed by atoms with Gasteiger partial charge in [-0.15, -0.1) is 0 Å². The van der Waals surface area contributed by atoms with Gasteiger partial charge in [0.25, 0.3) is 0 Å². The zero-order valence-corrected chi connectivity index (χ0v) is 24.6. The predicted octanol–water partition coefficient (Wildman–Crippen LogP) is 3.73. The van der Waals surface area contributed by atoms with Gasteiger partial charge in [-0.25, -0.2) is 0 Å². The second kappa shape index (κ2) is 12.7. The Morgan fingerprint density at radius 1 is 1.05 bits per heavy atom. The van der Waals surface area contributed by atoms with Crippen molar-refractivity contribution >= 4 is 29.0 Å². The number of aromatic nitrogens is 5. The molecule has 1 aliphatic carbocycles. The van der Waals surface area contributed by atoms with Crippen LogP contribution in [-0.2, 0) is 4.79 Å². The molecule has 4 aromatic heterocycles. The van der Waals surface area contributed by atoms with E-state index in [1.54, 1.807) is 6.20 Å². The van der Waals surface area contributed by atoms with Crippen molar-refractivity contribution in [2.45, 2.75) is 32.1 Å². The quantitative estimate of drug-likeness (QED) is 0.235. The number of pyridine rings is 2. The van der Waals surface area contributed by atoms with Crippen LogP contribution in [0.3, 0.4) is 0 Å². The molecule has 7 rings (SSSR count). The minimum Gasteiger partial charge on any atom is -0.387 e. The molecule has 0 saturated carbocycles. The second-order valence-corrected chi connectivity index (χ2v) is 11.5. The molecular weight excluding hydrogens is 548 g/mol. The van der Waals surface area contributed by atoms with Gasteiger partial charge in [-0.05, 0) is 98.3 Å². The van der Waals surface area contributed by atoms with E-state index in [1.165, 1.54) is 0 Å². The molecular formula is C35H36N8O. The Hall–Kier alpha value is -5.02. The summed E-state index contributed by atoms with van der Waals surface area (Å²) < 4.78 is 0. The van der Waals surface area contributed by atoms with Crippen molar-refractivity contribution in [1.29, 1.82) is 0 Å². The molecule has 3 aliphatic rings. The summed E-state index contributed by atoms with van der Waals surface area (Å²) in [7, 11) is 0. The SMILES string of the molecule is O=C(CC1CCNCC1)NC1=C/C(C2=C/NC/C=c3\[nH]nc(-c4cc5c(-c6ccccn6)cncc5[nH]4)\c3=C\2)=C\CC\C=C\1. The van der Waals surface area contributed by atoms with Crippen molar-refractivity contribution in [3.63, 3.8) is 0 Å². The number of hydrogen-bond donors (Lipinski definition) is 5. The highest BCUT2D eigenvalue weighted by Crippen LogP contribution is 2.29. The molecule has 2 aliphatic heterocycles. The third-order valence-electron chi connectivity index (χ3n) is 8.41. The normalized spacial score (nSPS) is 23.1. The number of aromatic amines is 2. The number of H-pyrrole nitrogens is 2. The van der Waals surface area contributed by atoms with Crippen LogP contribution in [0.25, 0.3) is 45.7 Å². The summed E-state index contributed by atoms with van der Waals surface area (Å²) in [5, 5.41) is 21.0. The number of hydrogen-bond acceptors (Lipinski definition) is 6. The third-order valence-corrected chi connectivity index (χ3v) is 8.41. The lowest BCUT2D eigenvalue weighted by molar-refractivity contribution is -0.121. The molecule has 0 radical (unpaired) electrons. The highest BCUT2D eigenvalue weighted by atomic mass is 16.1. The van der Waals surface area contributed by atoms with E-state index in [0.717, 1.165) is 99.7 Å². The number of carbonyl (C=O) groups excluding carboxylic acids is 1. The summed E-state index contributed by atoms with van der Waals surface area (Å²) in [6.07, 6.45) is 24.8.